The van der Waals surface area contributed by atoms with Crippen LogP contribution < -0.4 is 5.01 Å². The molecule has 1 atom stereocenters. The molecule has 2 heterocycles. The Hall–Kier alpha value is -4.66. The molecule has 0 fully saturated rings. The zero-order chi connectivity index (χ0) is 30.5. The first-order valence-electron chi connectivity index (χ1n) is 14.2. The number of hydrogen-bond donors (Lipinski definition) is 0. The number of hydrazone groups is 1. The number of fused-ring (bicyclic) bond motifs is 2. The predicted octanol–water partition coefficient (Wildman–Crippen LogP) is 8.81. The number of benzene rings is 5. The number of thioether (sulfide) groups is 2. The molecular weight excluding hydrogens is 587 g/mol. The molecule has 1 spiro atoms. The zero-order valence-electron chi connectivity index (χ0n) is 24.0. The zero-order valence-corrected chi connectivity index (χ0v) is 25.6. The molecule has 0 N–H and O–H groups in total. The van der Waals surface area contributed by atoms with Crippen molar-refractivity contribution < 1.29 is 9.72 Å². The second kappa shape index (κ2) is 10.8. The molecule has 2 aliphatic rings. The fraction of sp³-hybridized carbons (Fsp3) is 0.111. The first-order valence-corrected chi connectivity index (χ1v) is 15.8. The number of nitro groups is 1. The number of carbonyl (C=O) groups excluding carboxylic acids is 1. The monoisotopic (exact) mass is 613 g/mol. The fourth-order valence-corrected chi connectivity index (χ4v) is 9.99. The van der Waals surface area contributed by atoms with Crippen LogP contribution >= 0.6 is 23.5 Å². The lowest BCUT2D eigenvalue weighted by Crippen LogP contribution is -2.34. The van der Waals surface area contributed by atoms with Gasteiger partial charge in [-0.25, -0.2) is 5.01 Å². The first kappa shape index (κ1) is 28.1. The number of Topliss-reactive ketones (excluding diaryl/α,β-unsaturated/α-hetero) is 1. The largest absolute Gasteiger partial charge is 0.286 e. The highest BCUT2D eigenvalue weighted by molar-refractivity contribution is 8.27. The molecule has 0 amide bonds. The Morgan fingerprint density at radius 2 is 1.23 bits per heavy atom. The summed E-state index contributed by atoms with van der Waals surface area (Å²) in [7, 11) is 0. The van der Waals surface area contributed by atoms with Crippen molar-refractivity contribution in [2.45, 2.75) is 22.8 Å². The van der Waals surface area contributed by atoms with E-state index in [-0.39, 0.29) is 11.5 Å². The molecule has 0 saturated carbocycles. The third kappa shape index (κ3) is 4.28. The van der Waals surface area contributed by atoms with Gasteiger partial charge in [-0.05, 0) is 53.8 Å². The molecule has 0 aromatic heterocycles. The summed E-state index contributed by atoms with van der Waals surface area (Å²) in [6, 6.07) is 40.9. The lowest BCUT2D eigenvalue weighted by molar-refractivity contribution is -0.384. The topological polar surface area (TPSA) is 75.8 Å². The summed E-state index contributed by atoms with van der Waals surface area (Å²) in [4.78, 5) is 25.1. The summed E-state index contributed by atoms with van der Waals surface area (Å²) in [5.41, 5.74) is 7.99. The average Bonchev–Trinajstić information content (AvgIpc) is 3.58. The molecule has 0 aliphatic carbocycles. The van der Waals surface area contributed by atoms with Gasteiger partial charge in [0, 0.05) is 23.3 Å². The molecule has 8 heteroatoms. The van der Waals surface area contributed by atoms with E-state index in [1.807, 2.05) is 29.3 Å². The van der Waals surface area contributed by atoms with E-state index in [9.17, 15) is 14.9 Å². The predicted molar refractivity (Wildman–Crippen MR) is 179 cm³/mol. The number of carbonyl (C=O) groups is 1. The molecule has 0 unspecified atom stereocenters. The van der Waals surface area contributed by atoms with Crippen molar-refractivity contribution in [2.75, 3.05) is 5.01 Å². The van der Waals surface area contributed by atoms with E-state index < -0.39 is 13.9 Å². The number of hydrogen-bond acceptors (Lipinski definition) is 7. The van der Waals surface area contributed by atoms with Gasteiger partial charge in [0.15, 0.2) is 9.25 Å². The molecule has 0 bridgehead atoms. The van der Waals surface area contributed by atoms with Gasteiger partial charge in [-0.15, -0.1) is 0 Å². The lowest BCUT2D eigenvalue weighted by atomic mass is 9.79. The van der Waals surface area contributed by atoms with Crippen molar-refractivity contribution >= 4 is 45.7 Å². The minimum absolute atomic E-state index is 0.00661. The molecule has 44 heavy (non-hydrogen) atoms. The van der Waals surface area contributed by atoms with Crippen LogP contribution in [0.25, 0.3) is 0 Å². The van der Waals surface area contributed by atoms with Crippen LogP contribution in [0.1, 0.15) is 43.7 Å². The van der Waals surface area contributed by atoms with Gasteiger partial charge in [-0.2, -0.15) is 5.10 Å². The van der Waals surface area contributed by atoms with E-state index >= 15 is 0 Å². The molecule has 216 valence electrons. The smallest absolute Gasteiger partial charge is 0.269 e. The van der Waals surface area contributed by atoms with Crippen LogP contribution in [0, 0.1) is 24.0 Å². The number of ketones is 1. The number of anilines is 1. The number of rotatable bonds is 6. The van der Waals surface area contributed by atoms with E-state index in [0.717, 1.165) is 33.4 Å². The van der Waals surface area contributed by atoms with Gasteiger partial charge < -0.3 is 0 Å². The molecule has 6 nitrogen and oxygen atoms in total. The van der Waals surface area contributed by atoms with Gasteiger partial charge in [0.25, 0.3) is 5.69 Å². The lowest BCUT2D eigenvalue weighted by Gasteiger charge is -2.38. The fourth-order valence-electron chi connectivity index (χ4n) is 6.20. The Bertz CT molecular complexity index is 1910. The SMILES string of the molecule is Cc1ccccc1C1(c2ccccc2C)S[C@]2(SC(C(=O)c3ccccc3)=NN2c2ccc([N+](=O)[O-])cc2)c2ccccc21. The first-order chi connectivity index (χ1) is 21.3. The Morgan fingerprint density at radius 3 is 1.80 bits per heavy atom. The molecule has 7 rings (SSSR count). The second-order valence-electron chi connectivity index (χ2n) is 10.8. The average molecular weight is 614 g/mol. The molecule has 0 saturated heterocycles. The molecule has 0 radical (unpaired) electrons. The van der Waals surface area contributed by atoms with Crippen molar-refractivity contribution in [3.05, 3.63) is 176 Å². The van der Waals surface area contributed by atoms with Crippen LogP contribution in [-0.4, -0.2) is 15.8 Å². The quantitative estimate of drug-likeness (QED) is 0.108. The highest BCUT2D eigenvalue weighted by Gasteiger charge is 2.62. The maximum absolute atomic E-state index is 14.0. The summed E-state index contributed by atoms with van der Waals surface area (Å²) >= 11 is 3.19. The van der Waals surface area contributed by atoms with Gasteiger partial charge in [-0.1, -0.05) is 127 Å². The number of non-ortho nitro benzene ring substituents is 1. The third-order valence-electron chi connectivity index (χ3n) is 8.23. The van der Waals surface area contributed by atoms with Crippen LogP contribution in [0.4, 0.5) is 11.4 Å². The van der Waals surface area contributed by atoms with Gasteiger partial charge in [0.05, 0.1) is 15.4 Å². The van der Waals surface area contributed by atoms with E-state index in [1.54, 1.807) is 36.0 Å². The Kier molecular flexibility index (Phi) is 6.91. The maximum Gasteiger partial charge on any atom is 0.269 e. The van der Waals surface area contributed by atoms with E-state index in [4.69, 9.17) is 5.10 Å². The van der Waals surface area contributed by atoms with Gasteiger partial charge >= 0.3 is 0 Å². The molecule has 2 aliphatic heterocycles. The molecule has 5 aromatic rings. The summed E-state index contributed by atoms with van der Waals surface area (Å²) in [6.07, 6.45) is 0. The number of nitro benzene ring substituents is 1. The van der Waals surface area contributed by atoms with Crippen molar-refractivity contribution in [3.8, 4) is 0 Å². The number of nitrogens with zero attached hydrogens (tertiary/aromatic N) is 3. The van der Waals surface area contributed by atoms with Crippen LogP contribution in [0.15, 0.2) is 132 Å². The van der Waals surface area contributed by atoms with Gasteiger partial charge in [-0.3, -0.25) is 14.9 Å². The van der Waals surface area contributed by atoms with Gasteiger partial charge in [0.1, 0.15) is 0 Å². The van der Waals surface area contributed by atoms with E-state index in [2.05, 4.69) is 80.6 Å². The van der Waals surface area contributed by atoms with Gasteiger partial charge in [0.2, 0.25) is 5.78 Å². The normalized spacial score (nSPS) is 18.2. The summed E-state index contributed by atoms with van der Waals surface area (Å²) in [5, 5.41) is 18.8. The molecular formula is C36H27N3O3S2. The highest BCUT2D eigenvalue weighted by Crippen LogP contribution is 2.71. The highest BCUT2D eigenvalue weighted by atomic mass is 32.2. The standard InChI is InChI=1S/C36H27N3O3S2/c1-24-12-6-8-16-29(24)35(30-17-9-7-13-25(30)2)31-18-10-11-19-32(31)36(44-35)38(27-20-22-28(23-21-27)39(41)42)37-34(43-36)33(40)26-14-4-3-5-15-26/h3-23H,1-2H3/t36-/m1/s1. The molecule has 5 aromatic carbocycles. The van der Waals surface area contributed by atoms with Crippen LogP contribution in [0.2, 0.25) is 0 Å². The van der Waals surface area contributed by atoms with Crippen LogP contribution in [0.5, 0.6) is 0 Å². The van der Waals surface area contributed by atoms with E-state index in [1.165, 1.54) is 23.9 Å². The number of aryl methyl sites for hydroxylation is 2. The van der Waals surface area contributed by atoms with E-state index in [0.29, 0.717) is 16.3 Å². The Morgan fingerprint density at radius 1 is 0.705 bits per heavy atom. The minimum atomic E-state index is -0.892. The minimum Gasteiger partial charge on any atom is -0.286 e. The Balaban J connectivity index is 1.50. The van der Waals surface area contributed by atoms with Crippen molar-refractivity contribution in [3.63, 3.8) is 0 Å². The van der Waals surface area contributed by atoms with Crippen molar-refractivity contribution in [2.24, 2.45) is 5.10 Å². The summed E-state index contributed by atoms with van der Waals surface area (Å²) in [5.74, 6) is -0.165. The van der Waals surface area contributed by atoms with Crippen molar-refractivity contribution in [1.29, 1.82) is 0 Å². The summed E-state index contributed by atoms with van der Waals surface area (Å²) < 4.78 is -1.53. The van der Waals surface area contributed by atoms with Crippen molar-refractivity contribution in [1.82, 2.24) is 0 Å². The Labute approximate surface area is 264 Å². The van der Waals surface area contributed by atoms with Crippen LogP contribution in [-0.2, 0) is 8.95 Å². The van der Waals surface area contributed by atoms with Crippen LogP contribution in [0.3, 0.4) is 0 Å². The second-order valence-corrected chi connectivity index (χ2v) is 13.7. The third-order valence-corrected chi connectivity index (χ3v) is 11.5. The summed E-state index contributed by atoms with van der Waals surface area (Å²) in [6.45, 7) is 4.28. The maximum atomic E-state index is 14.0.